The lowest BCUT2D eigenvalue weighted by molar-refractivity contribution is 0.337. The van der Waals surface area contributed by atoms with Crippen molar-refractivity contribution in [1.82, 2.24) is 4.90 Å². The number of halogens is 1. The van der Waals surface area contributed by atoms with E-state index in [1.54, 1.807) is 0 Å². The lowest BCUT2D eigenvalue weighted by Crippen LogP contribution is -2.38. The van der Waals surface area contributed by atoms with Gasteiger partial charge in [-0.2, -0.15) is 0 Å². The number of likely N-dealkylation sites (N-methyl/N-ethyl adjacent to an activating group) is 1. The molecule has 1 saturated heterocycles. The quantitative estimate of drug-likeness (QED) is 0.910. The molecule has 100 valence electrons. The second kappa shape index (κ2) is 6.04. The smallest absolute Gasteiger partial charge is 0.0426 e. The van der Waals surface area contributed by atoms with E-state index in [0.29, 0.717) is 12.6 Å². The van der Waals surface area contributed by atoms with Gasteiger partial charge in [0.15, 0.2) is 0 Å². The fourth-order valence-electron chi connectivity index (χ4n) is 2.75. The van der Waals surface area contributed by atoms with Crippen molar-refractivity contribution in [3.05, 3.63) is 28.2 Å². The number of hydrogen-bond acceptors (Lipinski definition) is 3. The second-order valence-electron chi connectivity index (χ2n) is 5.10. The van der Waals surface area contributed by atoms with Crippen LogP contribution in [-0.2, 0) is 6.54 Å². The van der Waals surface area contributed by atoms with Crippen molar-refractivity contribution in [2.24, 2.45) is 5.73 Å². The topological polar surface area (TPSA) is 32.5 Å². The van der Waals surface area contributed by atoms with Crippen LogP contribution in [0.2, 0.25) is 0 Å². The van der Waals surface area contributed by atoms with Gasteiger partial charge in [0.25, 0.3) is 0 Å². The van der Waals surface area contributed by atoms with Gasteiger partial charge in [0.1, 0.15) is 0 Å². The van der Waals surface area contributed by atoms with Gasteiger partial charge in [-0.1, -0.05) is 22.0 Å². The van der Waals surface area contributed by atoms with Crippen molar-refractivity contribution < 1.29 is 0 Å². The molecule has 18 heavy (non-hydrogen) atoms. The minimum Gasteiger partial charge on any atom is -0.367 e. The summed E-state index contributed by atoms with van der Waals surface area (Å²) in [6.45, 7) is 6.26. The zero-order valence-electron chi connectivity index (χ0n) is 11.2. The highest BCUT2D eigenvalue weighted by atomic mass is 79.9. The normalized spacial score (nSPS) is 22.0. The third-order valence-corrected chi connectivity index (χ3v) is 4.40. The Labute approximate surface area is 118 Å². The minimum absolute atomic E-state index is 0.525. The molecule has 2 rings (SSSR count). The highest BCUT2D eigenvalue weighted by molar-refractivity contribution is 9.10. The fraction of sp³-hybridized carbons (Fsp3) is 0.571. The molecular formula is C14H22BrN3. The van der Waals surface area contributed by atoms with Gasteiger partial charge >= 0.3 is 0 Å². The van der Waals surface area contributed by atoms with Crippen molar-refractivity contribution in [1.29, 1.82) is 0 Å². The average Bonchev–Trinajstić information content (AvgIpc) is 2.49. The van der Waals surface area contributed by atoms with Gasteiger partial charge in [0, 0.05) is 41.4 Å². The van der Waals surface area contributed by atoms with E-state index >= 15 is 0 Å². The Kier molecular flexibility index (Phi) is 4.65. The summed E-state index contributed by atoms with van der Waals surface area (Å²) < 4.78 is 1.12. The standard InChI is InChI=1S/C14H22BrN3/c1-11-10-17(2)7-4-8-18(11)14-6-3-5-13(15)12(14)9-16/h3,5-6,11H,4,7-10,16H2,1-2H3. The molecule has 0 spiro atoms. The molecule has 0 bridgehead atoms. The number of hydrogen-bond donors (Lipinski definition) is 1. The maximum atomic E-state index is 5.90. The summed E-state index contributed by atoms with van der Waals surface area (Å²) in [5.74, 6) is 0. The number of benzene rings is 1. The van der Waals surface area contributed by atoms with E-state index in [1.165, 1.54) is 24.2 Å². The van der Waals surface area contributed by atoms with E-state index in [9.17, 15) is 0 Å². The molecule has 1 unspecified atom stereocenters. The van der Waals surface area contributed by atoms with Crippen LogP contribution < -0.4 is 10.6 Å². The summed E-state index contributed by atoms with van der Waals surface area (Å²) in [6, 6.07) is 6.88. The summed E-state index contributed by atoms with van der Waals surface area (Å²) >= 11 is 3.61. The fourth-order valence-corrected chi connectivity index (χ4v) is 3.27. The molecule has 1 aliphatic rings. The molecule has 0 aliphatic carbocycles. The Morgan fingerprint density at radius 3 is 2.89 bits per heavy atom. The molecule has 0 aromatic heterocycles. The first-order valence-corrected chi connectivity index (χ1v) is 7.35. The van der Waals surface area contributed by atoms with Crippen LogP contribution in [0.1, 0.15) is 18.9 Å². The maximum Gasteiger partial charge on any atom is 0.0426 e. The van der Waals surface area contributed by atoms with Gasteiger partial charge in [-0.25, -0.2) is 0 Å². The highest BCUT2D eigenvalue weighted by Gasteiger charge is 2.22. The predicted octanol–water partition coefficient (Wildman–Crippen LogP) is 2.44. The summed E-state index contributed by atoms with van der Waals surface area (Å²) in [5.41, 5.74) is 8.41. The van der Waals surface area contributed by atoms with Crippen LogP contribution in [-0.4, -0.2) is 37.6 Å². The summed E-state index contributed by atoms with van der Waals surface area (Å²) in [5, 5.41) is 0. The maximum absolute atomic E-state index is 5.90. The van der Waals surface area contributed by atoms with Gasteiger partial charge in [-0.15, -0.1) is 0 Å². The molecule has 1 aliphatic heterocycles. The average molecular weight is 312 g/mol. The summed E-state index contributed by atoms with van der Waals surface area (Å²) in [4.78, 5) is 4.90. The molecule has 4 heteroatoms. The zero-order chi connectivity index (χ0) is 13.1. The molecule has 0 amide bonds. The SMILES string of the molecule is CC1CN(C)CCCN1c1cccc(Br)c1CN. The van der Waals surface area contributed by atoms with Gasteiger partial charge in [0.05, 0.1) is 0 Å². The lowest BCUT2D eigenvalue weighted by atomic mass is 10.1. The Bertz CT molecular complexity index is 408. The van der Waals surface area contributed by atoms with Crippen LogP contribution in [0, 0.1) is 0 Å². The lowest BCUT2D eigenvalue weighted by Gasteiger charge is -2.32. The molecule has 0 saturated carbocycles. The van der Waals surface area contributed by atoms with E-state index in [1.807, 2.05) is 0 Å². The van der Waals surface area contributed by atoms with E-state index in [4.69, 9.17) is 5.73 Å². The third kappa shape index (κ3) is 2.87. The van der Waals surface area contributed by atoms with Crippen molar-refractivity contribution >= 4 is 21.6 Å². The van der Waals surface area contributed by atoms with Crippen LogP contribution in [0.25, 0.3) is 0 Å². The van der Waals surface area contributed by atoms with E-state index in [-0.39, 0.29) is 0 Å². The number of rotatable bonds is 2. The molecular weight excluding hydrogens is 290 g/mol. The van der Waals surface area contributed by atoms with Gasteiger partial charge < -0.3 is 15.5 Å². The van der Waals surface area contributed by atoms with E-state index in [0.717, 1.165) is 17.6 Å². The van der Waals surface area contributed by atoms with Crippen LogP contribution in [0.15, 0.2) is 22.7 Å². The molecule has 1 aromatic rings. The molecule has 3 nitrogen and oxygen atoms in total. The van der Waals surface area contributed by atoms with Crippen LogP contribution in [0.3, 0.4) is 0 Å². The first-order chi connectivity index (χ1) is 8.63. The van der Waals surface area contributed by atoms with Gasteiger partial charge in [-0.05, 0) is 39.1 Å². The van der Waals surface area contributed by atoms with Crippen molar-refractivity contribution in [2.75, 3.05) is 31.6 Å². The van der Waals surface area contributed by atoms with E-state index < -0.39 is 0 Å². The zero-order valence-corrected chi connectivity index (χ0v) is 12.8. The first kappa shape index (κ1) is 13.8. The van der Waals surface area contributed by atoms with Crippen LogP contribution in [0.4, 0.5) is 5.69 Å². The second-order valence-corrected chi connectivity index (χ2v) is 5.95. The van der Waals surface area contributed by atoms with Gasteiger partial charge in [-0.3, -0.25) is 0 Å². The molecule has 1 atom stereocenters. The van der Waals surface area contributed by atoms with E-state index in [2.05, 4.69) is 57.9 Å². The Morgan fingerprint density at radius 1 is 1.39 bits per heavy atom. The molecule has 1 aromatic carbocycles. The van der Waals surface area contributed by atoms with Crippen LogP contribution in [0.5, 0.6) is 0 Å². The Hall–Kier alpha value is -0.580. The monoisotopic (exact) mass is 311 g/mol. The summed E-state index contributed by atoms with van der Waals surface area (Å²) in [6.07, 6.45) is 1.21. The molecule has 0 radical (unpaired) electrons. The van der Waals surface area contributed by atoms with Gasteiger partial charge in [0.2, 0.25) is 0 Å². The predicted molar refractivity (Wildman–Crippen MR) is 81.0 cm³/mol. The third-order valence-electron chi connectivity index (χ3n) is 3.65. The van der Waals surface area contributed by atoms with Crippen molar-refractivity contribution in [3.8, 4) is 0 Å². The van der Waals surface area contributed by atoms with Crippen molar-refractivity contribution in [2.45, 2.75) is 25.9 Å². The number of nitrogens with two attached hydrogens (primary N) is 1. The Morgan fingerprint density at radius 2 is 2.17 bits per heavy atom. The highest BCUT2D eigenvalue weighted by Crippen LogP contribution is 2.29. The number of nitrogens with zero attached hydrogens (tertiary/aromatic N) is 2. The number of anilines is 1. The first-order valence-electron chi connectivity index (χ1n) is 6.56. The van der Waals surface area contributed by atoms with Crippen LogP contribution >= 0.6 is 15.9 Å². The minimum atomic E-state index is 0.525. The molecule has 1 fully saturated rings. The van der Waals surface area contributed by atoms with Crippen molar-refractivity contribution in [3.63, 3.8) is 0 Å². The Balaban J connectivity index is 2.32. The molecule has 2 N–H and O–H groups in total. The summed E-state index contributed by atoms with van der Waals surface area (Å²) in [7, 11) is 2.20. The molecule has 1 heterocycles. The largest absolute Gasteiger partial charge is 0.367 e.